The molecule has 4 N–H and O–H groups in total. The Bertz CT molecular complexity index is 469. The van der Waals surface area contributed by atoms with Crippen LogP contribution in [0, 0.1) is 0 Å². The van der Waals surface area contributed by atoms with E-state index in [0.717, 1.165) is 12.1 Å². The summed E-state index contributed by atoms with van der Waals surface area (Å²) in [6.45, 7) is 2.77. The topological polar surface area (TPSA) is 91.0 Å². The third-order valence-electron chi connectivity index (χ3n) is 2.77. The van der Waals surface area contributed by atoms with Crippen molar-refractivity contribution < 1.29 is 10.0 Å². The van der Waals surface area contributed by atoms with Crippen molar-refractivity contribution in [1.82, 2.24) is 10.2 Å². The number of hydrogen-bond donors (Lipinski definition) is 3. The number of amides is 1. The highest BCUT2D eigenvalue weighted by molar-refractivity contribution is 5.97. The first kappa shape index (κ1) is 16.0. The molecule has 6 heteroatoms. The summed E-state index contributed by atoms with van der Waals surface area (Å²) in [6.07, 6.45) is 0.314. The standard InChI is InChI=1S/C14H22N4O2/c1-10(9-18(2)3)16-13(19)8-11-4-6-12(7-5-11)14(15)17-20/h4-7,10,20H,8-9H2,1-3H3,(H2,15,17)(H,16,19). The molecular formula is C14H22N4O2. The van der Waals surface area contributed by atoms with Crippen LogP contribution < -0.4 is 11.1 Å². The molecule has 0 spiro atoms. The molecule has 0 heterocycles. The summed E-state index contributed by atoms with van der Waals surface area (Å²) in [5, 5.41) is 14.4. The van der Waals surface area contributed by atoms with E-state index < -0.39 is 0 Å². The fraction of sp³-hybridized carbons (Fsp3) is 0.429. The second-order valence-electron chi connectivity index (χ2n) is 5.09. The number of carbonyl (C=O) groups excluding carboxylic acids is 1. The fourth-order valence-corrected chi connectivity index (χ4v) is 1.96. The number of benzene rings is 1. The summed E-state index contributed by atoms with van der Waals surface area (Å²) < 4.78 is 0. The number of carbonyl (C=O) groups is 1. The molecule has 0 saturated carbocycles. The van der Waals surface area contributed by atoms with Gasteiger partial charge in [0.05, 0.1) is 6.42 Å². The van der Waals surface area contributed by atoms with Gasteiger partial charge in [0.25, 0.3) is 0 Å². The third-order valence-corrected chi connectivity index (χ3v) is 2.77. The molecule has 1 aromatic rings. The molecule has 0 aliphatic rings. The average molecular weight is 278 g/mol. The second kappa shape index (κ2) is 7.49. The Hall–Kier alpha value is -2.08. The lowest BCUT2D eigenvalue weighted by Crippen LogP contribution is -2.40. The summed E-state index contributed by atoms with van der Waals surface area (Å²) in [5.41, 5.74) is 6.98. The van der Waals surface area contributed by atoms with Gasteiger partial charge in [-0.3, -0.25) is 4.79 Å². The maximum atomic E-state index is 11.9. The predicted octanol–water partition coefficient (Wildman–Crippen LogP) is 0.390. The van der Waals surface area contributed by atoms with Gasteiger partial charge in [-0.05, 0) is 26.6 Å². The van der Waals surface area contributed by atoms with E-state index in [2.05, 4.69) is 10.5 Å². The molecule has 1 unspecified atom stereocenters. The van der Waals surface area contributed by atoms with Gasteiger partial charge in [0.15, 0.2) is 5.84 Å². The highest BCUT2D eigenvalue weighted by atomic mass is 16.4. The van der Waals surface area contributed by atoms with Crippen molar-refractivity contribution in [3.63, 3.8) is 0 Å². The van der Waals surface area contributed by atoms with Gasteiger partial charge in [0, 0.05) is 18.2 Å². The first-order chi connectivity index (χ1) is 9.42. The lowest BCUT2D eigenvalue weighted by Gasteiger charge is -2.18. The molecule has 0 aliphatic heterocycles. The Labute approximate surface area is 119 Å². The Morgan fingerprint density at radius 2 is 2.00 bits per heavy atom. The molecule has 1 aromatic carbocycles. The van der Waals surface area contributed by atoms with Crippen LogP contribution in [0.15, 0.2) is 29.4 Å². The minimum atomic E-state index is -0.0177. The van der Waals surface area contributed by atoms with E-state index in [0.29, 0.717) is 12.0 Å². The summed E-state index contributed by atoms with van der Waals surface area (Å²) in [4.78, 5) is 13.9. The zero-order valence-corrected chi connectivity index (χ0v) is 12.1. The Kier molecular flexibility index (Phi) is 5.99. The number of oxime groups is 1. The Morgan fingerprint density at radius 3 is 2.50 bits per heavy atom. The van der Waals surface area contributed by atoms with Crippen LogP contribution >= 0.6 is 0 Å². The summed E-state index contributed by atoms with van der Waals surface area (Å²) >= 11 is 0. The average Bonchev–Trinajstić information content (AvgIpc) is 2.37. The number of hydrogen-bond acceptors (Lipinski definition) is 4. The van der Waals surface area contributed by atoms with Crippen molar-refractivity contribution >= 4 is 11.7 Å². The first-order valence-electron chi connectivity index (χ1n) is 6.43. The van der Waals surface area contributed by atoms with E-state index in [9.17, 15) is 4.79 Å². The monoisotopic (exact) mass is 278 g/mol. The minimum Gasteiger partial charge on any atom is -0.409 e. The van der Waals surface area contributed by atoms with Crippen molar-refractivity contribution in [2.45, 2.75) is 19.4 Å². The van der Waals surface area contributed by atoms with Gasteiger partial charge in [-0.25, -0.2) is 0 Å². The van der Waals surface area contributed by atoms with Crippen LogP contribution in [-0.2, 0) is 11.2 Å². The molecule has 0 fully saturated rings. The molecule has 0 aromatic heterocycles. The van der Waals surface area contributed by atoms with Crippen molar-refractivity contribution in [1.29, 1.82) is 0 Å². The van der Waals surface area contributed by atoms with Crippen LogP contribution in [0.5, 0.6) is 0 Å². The van der Waals surface area contributed by atoms with E-state index in [-0.39, 0.29) is 17.8 Å². The molecule has 20 heavy (non-hydrogen) atoms. The molecule has 1 rings (SSSR count). The lowest BCUT2D eigenvalue weighted by atomic mass is 10.1. The maximum Gasteiger partial charge on any atom is 0.224 e. The van der Waals surface area contributed by atoms with Gasteiger partial charge in [0.2, 0.25) is 5.91 Å². The van der Waals surface area contributed by atoms with E-state index >= 15 is 0 Å². The molecule has 0 bridgehead atoms. The number of rotatable bonds is 6. The summed E-state index contributed by atoms with van der Waals surface area (Å²) in [7, 11) is 3.93. The minimum absolute atomic E-state index is 0.0177. The van der Waals surface area contributed by atoms with Crippen LogP contribution in [0.4, 0.5) is 0 Å². The SMILES string of the molecule is CC(CN(C)C)NC(=O)Cc1ccc(/C(N)=N/O)cc1. The zero-order valence-electron chi connectivity index (χ0n) is 12.1. The van der Waals surface area contributed by atoms with E-state index in [1.807, 2.05) is 25.9 Å². The van der Waals surface area contributed by atoms with Gasteiger partial charge in [-0.2, -0.15) is 0 Å². The number of nitrogens with two attached hydrogens (primary N) is 1. The molecule has 0 radical (unpaired) electrons. The highest BCUT2D eigenvalue weighted by Crippen LogP contribution is 2.05. The largest absolute Gasteiger partial charge is 0.409 e. The fourth-order valence-electron chi connectivity index (χ4n) is 1.96. The zero-order chi connectivity index (χ0) is 15.1. The van der Waals surface area contributed by atoms with Gasteiger partial charge < -0.3 is 21.2 Å². The van der Waals surface area contributed by atoms with Crippen LogP contribution in [0.25, 0.3) is 0 Å². The number of amidine groups is 1. The second-order valence-corrected chi connectivity index (χ2v) is 5.09. The van der Waals surface area contributed by atoms with Gasteiger partial charge in [-0.15, -0.1) is 0 Å². The van der Waals surface area contributed by atoms with Crippen LogP contribution in [0.2, 0.25) is 0 Å². The highest BCUT2D eigenvalue weighted by Gasteiger charge is 2.09. The Morgan fingerprint density at radius 1 is 1.40 bits per heavy atom. The van der Waals surface area contributed by atoms with Crippen molar-refractivity contribution in [2.75, 3.05) is 20.6 Å². The normalized spacial score (nSPS) is 13.3. The van der Waals surface area contributed by atoms with Crippen molar-refractivity contribution in [3.05, 3.63) is 35.4 Å². The van der Waals surface area contributed by atoms with Crippen LogP contribution in [0.1, 0.15) is 18.1 Å². The molecule has 6 nitrogen and oxygen atoms in total. The quantitative estimate of drug-likeness (QED) is 0.304. The summed E-state index contributed by atoms with van der Waals surface area (Å²) in [6, 6.07) is 7.14. The van der Waals surface area contributed by atoms with E-state index in [1.165, 1.54) is 0 Å². The molecular weight excluding hydrogens is 256 g/mol. The van der Waals surface area contributed by atoms with E-state index in [1.54, 1.807) is 24.3 Å². The summed E-state index contributed by atoms with van der Waals surface area (Å²) in [5.74, 6) is 0.0384. The van der Waals surface area contributed by atoms with Crippen LogP contribution in [-0.4, -0.2) is 48.5 Å². The van der Waals surface area contributed by atoms with E-state index in [4.69, 9.17) is 10.9 Å². The molecule has 1 atom stereocenters. The van der Waals surface area contributed by atoms with Gasteiger partial charge >= 0.3 is 0 Å². The molecule has 0 aliphatic carbocycles. The number of nitrogens with zero attached hydrogens (tertiary/aromatic N) is 2. The maximum absolute atomic E-state index is 11.9. The first-order valence-corrected chi connectivity index (χ1v) is 6.43. The van der Waals surface area contributed by atoms with Gasteiger partial charge in [0.1, 0.15) is 0 Å². The Balaban J connectivity index is 2.54. The number of nitrogens with one attached hydrogen (secondary N) is 1. The van der Waals surface area contributed by atoms with Crippen molar-refractivity contribution in [3.8, 4) is 0 Å². The van der Waals surface area contributed by atoms with Crippen molar-refractivity contribution in [2.24, 2.45) is 10.9 Å². The smallest absolute Gasteiger partial charge is 0.224 e. The number of likely N-dealkylation sites (N-methyl/N-ethyl adjacent to an activating group) is 1. The lowest BCUT2D eigenvalue weighted by molar-refractivity contribution is -0.121. The molecule has 110 valence electrons. The van der Waals surface area contributed by atoms with Gasteiger partial charge in [-0.1, -0.05) is 29.4 Å². The predicted molar refractivity (Wildman–Crippen MR) is 78.8 cm³/mol. The van der Waals surface area contributed by atoms with Crippen LogP contribution in [0.3, 0.4) is 0 Å². The molecule has 0 saturated heterocycles. The third kappa shape index (κ3) is 5.27. The molecule has 1 amide bonds.